The second-order valence-electron chi connectivity index (χ2n) is 6.03. The molecule has 1 amide bonds. The van der Waals surface area contributed by atoms with Gasteiger partial charge in [0.05, 0.1) is 6.10 Å². The van der Waals surface area contributed by atoms with Crippen LogP contribution in [-0.4, -0.2) is 23.7 Å². The first kappa shape index (κ1) is 14.5. The Kier molecular flexibility index (Phi) is 5.44. The largest absolute Gasteiger partial charge is 0.392 e. The fourth-order valence-electron chi connectivity index (χ4n) is 2.88. The third-order valence-electron chi connectivity index (χ3n) is 3.93. The molecule has 0 saturated heterocycles. The van der Waals surface area contributed by atoms with Crippen molar-refractivity contribution in [2.75, 3.05) is 6.54 Å². The fraction of sp³-hybridized carbons (Fsp3) is 0.929. The van der Waals surface area contributed by atoms with Gasteiger partial charge in [-0.2, -0.15) is 0 Å². The van der Waals surface area contributed by atoms with Crippen LogP contribution in [0.2, 0.25) is 0 Å². The van der Waals surface area contributed by atoms with E-state index in [4.69, 9.17) is 0 Å². The van der Waals surface area contributed by atoms with E-state index in [-0.39, 0.29) is 11.8 Å². The third-order valence-corrected chi connectivity index (χ3v) is 3.93. The molecule has 0 spiro atoms. The molecule has 1 aliphatic rings. The summed E-state index contributed by atoms with van der Waals surface area (Å²) < 4.78 is 0. The van der Waals surface area contributed by atoms with E-state index in [9.17, 15) is 9.90 Å². The molecule has 0 heterocycles. The van der Waals surface area contributed by atoms with Crippen LogP contribution in [0.4, 0.5) is 0 Å². The molecule has 0 aromatic carbocycles. The van der Waals surface area contributed by atoms with Crippen LogP contribution in [0.25, 0.3) is 0 Å². The van der Waals surface area contributed by atoms with Crippen molar-refractivity contribution in [3.63, 3.8) is 0 Å². The average molecular weight is 241 g/mol. The molecular formula is C14H27NO2. The molecule has 0 radical (unpaired) electrons. The number of aliphatic hydroxyl groups excluding tert-OH is 1. The minimum atomic E-state index is -0.461. The summed E-state index contributed by atoms with van der Waals surface area (Å²) in [6.07, 6.45) is 2.93. The van der Waals surface area contributed by atoms with Gasteiger partial charge in [0.1, 0.15) is 0 Å². The van der Waals surface area contributed by atoms with E-state index < -0.39 is 6.10 Å². The predicted molar refractivity (Wildman–Crippen MR) is 69.5 cm³/mol. The van der Waals surface area contributed by atoms with Gasteiger partial charge in [-0.3, -0.25) is 4.79 Å². The van der Waals surface area contributed by atoms with Crippen LogP contribution in [-0.2, 0) is 4.79 Å². The summed E-state index contributed by atoms with van der Waals surface area (Å²) in [5, 5.41) is 12.1. The molecule has 0 aromatic heterocycles. The summed E-state index contributed by atoms with van der Waals surface area (Å²) in [6.45, 7) is 8.70. The van der Waals surface area contributed by atoms with Gasteiger partial charge < -0.3 is 10.4 Å². The Labute approximate surface area is 105 Å². The van der Waals surface area contributed by atoms with Crippen LogP contribution in [0.1, 0.15) is 47.0 Å². The highest BCUT2D eigenvalue weighted by Crippen LogP contribution is 2.37. The standard InChI is InChI=1S/C14H27NO2/c1-9(2)12-6-5-10(3)7-13(12)14(17)15-8-11(4)16/h9-13,16H,5-8H2,1-4H3,(H,15,17). The number of carbonyl (C=O) groups excluding carboxylic acids is 1. The van der Waals surface area contributed by atoms with Crippen molar-refractivity contribution >= 4 is 5.91 Å². The number of carbonyl (C=O) groups is 1. The zero-order chi connectivity index (χ0) is 13.0. The van der Waals surface area contributed by atoms with Gasteiger partial charge in [-0.1, -0.05) is 27.2 Å². The summed E-state index contributed by atoms with van der Waals surface area (Å²) in [7, 11) is 0. The lowest BCUT2D eigenvalue weighted by Crippen LogP contribution is -2.42. The Morgan fingerprint density at radius 1 is 1.35 bits per heavy atom. The number of nitrogens with one attached hydrogen (secondary N) is 1. The second-order valence-corrected chi connectivity index (χ2v) is 6.03. The first-order chi connectivity index (χ1) is 7.91. The van der Waals surface area contributed by atoms with E-state index in [1.165, 1.54) is 6.42 Å². The van der Waals surface area contributed by atoms with Gasteiger partial charge in [0.2, 0.25) is 5.91 Å². The van der Waals surface area contributed by atoms with Crippen LogP contribution in [0.5, 0.6) is 0 Å². The highest BCUT2D eigenvalue weighted by Gasteiger charge is 2.35. The average Bonchev–Trinajstić information content (AvgIpc) is 2.25. The van der Waals surface area contributed by atoms with Gasteiger partial charge in [0, 0.05) is 12.5 Å². The molecule has 1 saturated carbocycles. The van der Waals surface area contributed by atoms with Crippen molar-refractivity contribution in [1.82, 2.24) is 5.32 Å². The third kappa shape index (κ3) is 4.30. The van der Waals surface area contributed by atoms with Crippen LogP contribution >= 0.6 is 0 Å². The molecule has 2 N–H and O–H groups in total. The van der Waals surface area contributed by atoms with Gasteiger partial charge in [-0.05, 0) is 37.5 Å². The first-order valence-corrected chi connectivity index (χ1v) is 6.87. The Bertz CT molecular complexity index is 251. The molecule has 0 aromatic rings. The Hall–Kier alpha value is -0.570. The van der Waals surface area contributed by atoms with Crippen molar-refractivity contribution in [2.24, 2.45) is 23.7 Å². The summed E-state index contributed by atoms with van der Waals surface area (Å²) in [4.78, 5) is 12.1. The van der Waals surface area contributed by atoms with Crippen molar-refractivity contribution in [3.05, 3.63) is 0 Å². The summed E-state index contributed by atoms with van der Waals surface area (Å²) in [5.41, 5.74) is 0. The number of hydrogen-bond donors (Lipinski definition) is 2. The number of rotatable bonds is 4. The molecule has 4 atom stereocenters. The van der Waals surface area contributed by atoms with Crippen molar-refractivity contribution in [3.8, 4) is 0 Å². The van der Waals surface area contributed by atoms with Gasteiger partial charge in [0.25, 0.3) is 0 Å². The topological polar surface area (TPSA) is 49.3 Å². The minimum Gasteiger partial charge on any atom is -0.392 e. The van der Waals surface area contributed by atoms with Gasteiger partial charge in [-0.25, -0.2) is 0 Å². The molecule has 17 heavy (non-hydrogen) atoms. The number of hydrogen-bond acceptors (Lipinski definition) is 2. The van der Waals surface area contributed by atoms with E-state index in [1.807, 2.05) is 0 Å². The van der Waals surface area contributed by atoms with Crippen LogP contribution < -0.4 is 5.32 Å². The molecule has 100 valence electrons. The number of amides is 1. The second kappa shape index (κ2) is 6.39. The van der Waals surface area contributed by atoms with Gasteiger partial charge in [0.15, 0.2) is 0 Å². The van der Waals surface area contributed by atoms with E-state index in [0.717, 1.165) is 12.8 Å². The zero-order valence-electron chi connectivity index (χ0n) is 11.6. The fourth-order valence-corrected chi connectivity index (χ4v) is 2.88. The Morgan fingerprint density at radius 2 is 2.00 bits per heavy atom. The minimum absolute atomic E-state index is 0.135. The highest BCUT2D eigenvalue weighted by molar-refractivity contribution is 5.79. The van der Waals surface area contributed by atoms with Crippen LogP contribution in [0, 0.1) is 23.7 Å². The molecular weight excluding hydrogens is 214 g/mol. The molecule has 1 fully saturated rings. The maximum absolute atomic E-state index is 12.1. The van der Waals surface area contributed by atoms with Gasteiger partial charge >= 0.3 is 0 Å². The molecule has 3 nitrogen and oxygen atoms in total. The first-order valence-electron chi connectivity index (χ1n) is 6.87. The number of aliphatic hydroxyl groups is 1. The van der Waals surface area contributed by atoms with E-state index >= 15 is 0 Å². The molecule has 1 aliphatic carbocycles. The zero-order valence-corrected chi connectivity index (χ0v) is 11.6. The predicted octanol–water partition coefficient (Wildman–Crippen LogP) is 2.19. The van der Waals surface area contributed by atoms with Crippen LogP contribution in [0.3, 0.4) is 0 Å². The lowest BCUT2D eigenvalue weighted by atomic mass is 9.70. The van der Waals surface area contributed by atoms with Crippen molar-refractivity contribution < 1.29 is 9.90 Å². The lowest BCUT2D eigenvalue weighted by Gasteiger charge is -2.36. The highest BCUT2D eigenvalue weighted by atomic mass is 16.3. The smallest absolute Gasteiger partial charge is 0.223 e. The van der Waals surface area contributed by atoms with Crippen molar-refractivity contribution in [1.29, 1.82) is 0 Å². The normalized spacial score (nSPS) is 31.3. The maximum atomic E-state index is 12.1. The lowest BCUT2D eigenvalue weighted by molar-refractivity contribution is -0.129. The molecule has 0 aliphatic heterocycles. The van der Waals surface area contributed by atoms with E-state index in [2.05, 4.69) is 26.1 Å². The Balaban J connectivity index is 2.59. The summed E-state index contributed by atoms with van der Waals surface area (Å²) in [6, 6.07) is 0. The maximum Gasteiger partial charge on any atom is 0.223 e. The SMILES string of the molecule is CC(O)CNC(=O)C1CC(C)CCC1C(C)C. The molecule has 1 rings (SSSR count). The summed E-state index contributed by atoms with van der Waals surface area (Å²) in [5.74, 6) is 1.98. The molecule has 4 unspecified atom stereocenters. The quantitative estimate of drug-likeness (QED) is 0.792. The summed E-state index contributed by atoms with van der Waals surface area (Å²) >= 11 is 0. The van der Waals surface area contributed by atoms with E-state index in [0.29, 0.717) is 24.3 Å². The molecule has 0 bridgehead atoms. The monoisotopic (exact) mass is 241 g/mol. The van der Waals surface area contributed by atoms with Crippen LogP contribution in [0.15, 0.2) is 0 Å². The Morgan fingerprint density at radius 3 is 2.53 bits per heavy atom. The van der Waals surface area contributed by atoms with Gasteiger partial charge in [-0.15, -0.1) is 0 Å². The van der Waals surface area contributed by atoms with Crippen molar-refractivity contribution in [2.45, 2.75) is 53.1 Å². The molecule has 3 heteroatoms. The van der Waals surface area contributed by atoms with E-state index in [1.54, 1.807) is 6.92 Å².